The number of carbonyl (C=O) groups excluding carboxylic acids is 2. The van der Waals surface area contributed by atoms with E-state index in [1.54, 1.807) is 18.2 Å². The lowest BCUT2D eigenvalue weighted by Gasteiger charge is -2.08. The molecule has 0 aliphatic heterocycles. The molecule has 0 aliphatic carbocycles. The van der Waals surface area contributed by atoms with Crippen molar-refractivity contribution in [3.63, 3.8) is 0 Å². The van der Waals surface area contributed by atoms with Gasteiger partial charge in [-0.25, -0.2) is 0 Å². The van der Waals surface area contributed by atoms with Crippen LogP contribution in [0.3, 0.4) is 0 Å². The minimum absolute atomic E-state index is 0.0950. The van der Waals surface area contributed by atoms with E-state index in [1.165, 1.54) is 0 Å². The fraction of sp³-hybridized carbons (Fsp3) is 0.263. The van der Waals surface area contributed by atoms with Gasteiger partial charge in [-0.1, -0.05) is 29.8 Å². The molecule has 0 spiro atoms. The largest absolute Gasteiger partial charge is 0.352 e. The van der Waals surface area contributed by atoms with Crippen LogP contribution in [0.15, 0.2) is 48.5 Å². The number of carbonyl (C=O) groups is 2. The average Bonchev–Trinajstić information content (AvgIpc) is 2.61. The van der Waals surface area contributed by atoms with Crippen LogP contribution in [0.1, 0.15) is 38.3 Å². The molecule has 0 radical (unpaired) electrons. The standard InChI is InChI=1S/C19H23N3O2/c1-14-4-2-5-17(12-14)19(24)22-11-3-10-21-18(23)16-8-6-15(13-20)7-9-16/h2,4-9,12H,3,10-11,13,20H2,1H3,(H,21,23)(H,22,24). The van der Waals surface area contributed by atoms with E-state index in [1.807, 2.05) is 37.3 Å². The summed E-state index contributed by atoms with van der Waals surface area (Å²) in [4.78, 5) is 23.9. The minimum Gasteiger partial charge on any atom is -0.352 e. The van der Waals surface area contributed by atoms with Crippen molar-refractivity contribution in [1.82, 2.24) is 10.6 Å². The highest BCUT2D eigenvalue weighted by Gasteiger charge is 2.06. The van der Waals surface area contributed by atoms with Gasteiger partial charge in [0.15, 0.2) is 0 Å². The maximum atomic E-state index is 12.0. The van der Waals surface area contributed by atoms with Gasteiger partial charge in [-0.2, -0.15) is 0 Å². The van der Waals surface area contributed by atoms with Crippen LogP contribution in [0.25, 0.3) is 0 Å². The molecule has 4 N–H and O–H groups in total. The van der Waals surface area contributed by atoms with Crippen molar-refractivity contribution in [3.05, 3.63) is 70.8 Å². The molecule has 24 heavy (non-hydrogen) atoms. The van der Waals surface area contributed by atoms with E-state index < -0.39 is 0 Å². The van der Waals surface area contributed by atoms with Gasteiger partial charge in [0.1, 0.15) is 0 Å². The highest BCUT2D eigenvalue weighted by Crippen LogP contribution is 2.04. The van der Waals surface area contributed by atoms with Gasteiger partial charge in [-0.15, -0.1) is 0 Å². The lowest BCUT2D eigenvalue weighted by molar-refractivity contribution is 0.0951. The molecule has 2 amide bonds. The summed E-state index contributed by atoms with van der Waals surface area (Å²) in [7, 11) is 0. The Morgan fingerprint density at radius 3 is 2.12 bits per heavy atom. The Morgan fingerprint density at radius 2 is 1.54 bits per heavy atom. The highest BCUT2D eigenvalue weighted by atomic mass is 16.2. The second-order valence-corrected chi connectivity index (χ2v) is 5.64. The van der Waals surface area contributed by atoms with Gasteiger partial charge in [-0.3, -0.25) is 9.59 Å². The molecule has 0 unspecified atom stereocenters. The second kappa shape index (κ2) is 8.84. The van der Waals surface area contributed by atoms with E-state index in [0.717, 1.165) is 11.1 Å². The third-order valence-electron chi connectivity index (χ3n) is 3.66. The van der Waals surface area contributed by atoms with Crippen molar-refractivity contribution in [1.29, 1.82) is 0 Å². The topological polar surface area (TPSA) is 84.2 Å². The molecular formula is C19H23N3O2. The van der Waals surface area contributed by atoms with E-state index in [4.69, 9.17) is 5.73 Å². The Bertz CT molecular complexity index is 696. The van der Waals surface area contributed by atoms with E-state index in [2.05, 4.69) is 10.6 Å². The maximum Gasteiger partial charge on any atom is 0.251 e. The molecule has 0 heterocycles. The lowest BCUT2D eigenvalue weighted by atomic mass is 10.1. The predicted molar refractivity (Wildman–Crippen MR) is 94.8 cm³/mol. The van der Waals surface area contributed by atoms with Crippen molar-refractivity contribution < 1.29 is 9.59 Å². The molecule has 0 fully saturated rings. The van der Waals surface area contributed by atoms with Gasteiger partial charge in [0.05, 0.1) is 0 Å². The Labute approximate surface area is 142 Å². The normalized spacial score (nSPS) is 10.2. The van der Waals surface area contributed by atoms with E-state index in [0.29, 0.717) is 37.2 Å². The number of benzene rings is 2. The van der Waals surface area contributed by atoms with Crippen LogP contribution < -0.4 is 16.4 Å². The molecule has 5 nitrogen and oxygen atoms in total. The molecule has 0 aliphatic rings. The molecule has 2 aromatic carbocycles. The molecule has 0 saturated carbocycles. The summed E-state index contributed by atoms with van der Waals surface area (Å²) in [5, 5.41) is 5.69. The first-order valence-electron chi connectivity index (χ1n) is 8.02. The average molecular weight is 325 g/mol. The third-order valence-corrected chi connectivity index (χ3v) is 3.66. The summed E-state index contributed by atoms with van der Waals surface area (Å²) in [6.07, 6.45) is 0.671. The molecule has 126 valence electrons. The molecule has 2 aromatic rings. The van der Waals surface area contributed by atoms with Gasteiger partial charge in [0, 0.05) is 30.8 Å². The fourth-order valence-electron chi connectivity index (χ4n) is 2.27. The number of hydrogen-bond donors (Lipinski definition) is 3. The van der Waals surface area contributed by atoms with E-state index in [9.17, 15) is 9.59 Å². The first-order chi connectivity index (χ1) is 11.6. The molecule has 0 aromatic heterocycles. The molecule has 0 saturated heterocycles. The smallest absolute Gasteiger partial charge is 0.251 e. The van der Waals surface area contributed by atoms with Crippen LogP contribution in [0, 0.1) is 6.92 Å². The number of rotatable bonds is 7. The van der Waals surface area contributed by atoms with Crippen LogP contribution in [-0.4, -0.2) is 24.9 Å². The summed E-state index contributed by atoms with van der Waals surface area (Å²) in [6.45, 7) is 3.43. The van der Waals surface area contributed by atoms with Crippen LogP contribution in [0.5, 0.6) is 0 Å². The SMILES string of the molecule is Cc1cccc(C(=O)NCCCNC(=O)c2ccc(CN)cc2)c1. The molecular weight excluding hydrogens is 302 g/mol. The lowest BCUT2D eigenvalue weighted by Crippen LogP contribution is -2.29. The predicted octanol–water partition coefficient (Wildman–Crippen LogP) is 2.00. The van der Waals surface area contributed by atoms with Crippen molar-refractivity contribution >= 4 is 11.8 Å². The van der Waals surface area contributed by atoms with Gasteiger partial charge in [-0.05, 0) is 43.2 Å². The molecule has 0 bridgehead atoms. The summed E-state index contributed by atoms with van der Waals surface area (Å²) >= 11 is 0. The third kappa shape index (κ3) is 5.21. The van der Waals surface area contributed by atoms with Gasteiger partial charge < -0.3 is 16.4 Å². The number of hydrogen-bond acceptors (Lipinski definition) is 3. The summed E-state index contributed by atoms with van der Waals surface area (Å²) in [6, 6.07) is 14.7. The number of nitrogens with one attached hydrogen (secondary N) is 2. The Balaban J connectivity index is 1.69. The Morgan fingerprint density at radius 1 is 0.917 bits per heavy atom. The van der Waals surface area contributed by atoms with Gasteiger partial charge in [0.2, 0.25) is 0 Å². The summed E-state index contributed by atoms with van der Waals surface area (Å²) in [5.74, 6) is -0.217. The van der Waals surface area contributed by atoms with E-state index in [-0.39, 0.29) is 11.8 Å². The maximum absolute atomic E-state index is 12.0. The van der Waals surface area contributed by atoms with Crippen LogP contribution in [-0.2, 0) is 6.54 Å². The molecule has 0 atom stereocenters. The molecule has 5 heteroatoms. The zero-order chi connectivity index (χ0) is 17.4. The first-order valence-corrected chi connectivity index (χ1v) is 8.02. The first kappa shape index (κ1) is 17.7. The monoisotopic (exact) mass is 325 g/mol. The summed E-state index contributed by atoms with van der Waals surface area (Å²) < 4.78 is 0. The Kier molecular flexibility index (Phi) is 6.51. The summed E-state index contributed by atoms with van der Waals surface area (Å²) in [5.41, 5.74) is 8.83. The number of amides is 2. The minimum atomic E-state index is -0.122. The van der Waals surface area contributed by atoms with Crippen molar-refractivity contribution in [2.24, 2.45) is 5.73 Å². The number of aryl methyl sites for hydroxylation is 1. The van der Waals surface area contributed by atoms with E-state index >= 15 is 0 Å². The van der Waals surface area contributed by atoms with Crippen LogP contribution in [0.4, 0.5) is 0 Å². The second-order valence-electron chi connectivity index (χ2n) is 5.64. The van der Waals surface area contributed by atoms with Gasteiger partial charge in [0.25, 0.3) is 11.8 Å². The van der Waals surface area contributed by atoms with Crippen LogP contribution >= 0.6 is 0 Å². The molecule has 2 rings (SSSR count). The van der Waals surface area contributed by atoms with Gasteiger partial charge >= 0.3 is 0 Å². The zero-order valence-electron chi connectivity index (χ0n) is 13.8. The Hall–Kier alpha value is -2.66. The quantitative estimate of drug-likeness (QED) is 0.681. The number of nitrogens with two attached hydrogens (primary N) is 1. The zero-order valence-corrected chi connectivity index (χ0v) is 13.8. The van der Waals surface area contributed by atoms with Crippen LogP contribution in [0.2, 0.25) is 0 Å². The fourth-order valence-corrected chi connectivity index (χ4v) is 2.27. The van der Waals surface area contributed by atoms with Crippen molar-refractivity contribution in [3.8, 4) is 0 Å². The highest BCUT2D eigenvalue weighted by molar-refractivity contribution is 5.94. The van der Waals surface area contributed by atoms with Crippen molar-refractivity contribution in [2.45, 2.75) is 19.9 Å². The van der Waals surface area contributed by atoms with Crippen molar-refractivity contribution in [2.75, 3.05) is 13.1 Å².